The molecule has 1 unspecified atom stereocenters. The number of hydrogen-bond donors (Lipinski definition) is 2. The summed E-state index contributed by atoms with van der Waals surface area (Å²) in [6.45, 7) is 2.09. The molecule has 0 aliphatic carbocycles. The average molecular weight is 426 g/mol. The molecule has 0 aliphatic rings. The zero-order chi connectivity index (χ0) is 18.4. The first-order valence-electron chi connectivity index (χ1n) is 7.88. The number of nitrogens with one attached hydrogen (secondary N) is 1. The number of halogens is 1. The van der Waals surface area contributed by atoms with Gasteiger partial charge >= 0.3 is 5.97 Å². The number of hydrogen-bond acceptors (Lipinski definition) is 3. The van der Waals surface area contributed by atoms with Gasteiger partial charge < -0.3 is 5.11 Å². The Labute approximate surface area is 156 Å². The molecule has 7 heteroatoms. The lowest BCUT2D eigenvalue weighted by Gasteiger charge is -2.11. The van der Waals surface area contributed by atoms with Gasteiger partial charge in [-0.05, 0) is 49.1 Å². The van der Waals surface area contributed by atoms with E-state index in [2.05, 4.69) is 27.6 Å². The summed E-state index contributed by atoms with van der Waals surface area (Å²) in [6, 6.07) is 12.6. The van der Waals surface area contributed by atoms with Gasteiger partial charge in [-0.1, -0.05) is 47.1 Å². The number of alkyl halides is 1. The van der Waals surface area contributed by atoms with Gasteiger partial charge in [-0.2, -0.15) is 0 Å². The number of aryl methyl sites for hydroxylation is 1. The normalized spacial score (nSPS) is 12.6. The summed E-state index contributed by atoms with van der Waals surface area (Å²) in [7, 11) is -3.84. The number of sulfonamides is 1. The van der Waals surface area contributed by atoms with E-state index in [1.165, 1.54) is 12.1 Å². The van der Waals surface area contributed by atoms with Gasteiger partial charge in [0.25, 0.3) is 10.0 Å². The van der Waals surface area contributed by atoms with Crippen LogP contribution in [0.15, 0.2) is 53.4 Å². The van der Waals surface area contributed by atoms with E-state index in [1.807, 2.05) is 0 Å². The average Bonchev–Trinajstić information content (AvgIpc) is 2.55. The molecular formula is C18H20BrNO4S. The molecule has 0 aromatic heterocycles. The Morgan fingerprint density at radius 1 is 1.16 bits per heavy atom. The van der Waals surface area contributed by atoms with Crippen LogP contribution >= 0.6 is 15.9 Å². The molecule has 1 atom stereocenters. The van der Waals surface area contributed by atoms with E-state index in [1.54, 1.807) is 36.4 Å². The molecule has 0 radical (unpaired) electrons. The van der Waals surface area contributed by atoms with E-state index in [-0.39, 0.29) is 16.1 Å². The maximum atomic E-state index is 12.5. The molecule has 0 fully saturated rings. The van der Waals surface area contributed by atoms with Crippen molar-refractivity contribution in [2.75, 3.05) is 4.72 Å². The molecule has 0 saturated heterocycles. The predicted octanol–water partition coefficient (Wildman–Crippen LogP) is 4.29. The van der Waals surface area contributed by atoms with Crippen molar-refractivity contribution in [3.05, 3.63) is 59.7 Å². The summed E-state index contributed by atoms with van der Waals surface area (Å²) < 4.78 is 27.3. The van der Waals surface area contributed by atoms with Crippen LogP contribution in [0.4, 0.5) is 5.69 Å². The molecule has 2 N–H and O–H groups in total. The van der Waals surface area contributed by atoms with Crippen molar-refractivity contribution in [2.24, 2.45) is 0 Å². The van der Waals surface area contributed by atoms with Gasteiger partial charge in [-0.3, -0.25) is 4.72 Å². The third-order valence-electron chi connectivity index (χ3n) is 3.70. The molecular weight excluding hydrogens is 406 g/mol. The Hall–Kier alpha value is -1.86. The van der Waals surface area contributed by atoms with Gasteiger partial charge in [0.05, 0.1) is 16.1 Å². The van der Waals surface area contributed by atoms with Crippen molar-refractivity contribution >= 4 is 37.6 Å². The second kappa shape index (κ2) is 8.49. The van der Waals surface area contributed by atoms with Crippen LogP contribution in [0.3, 0.4) is 0 Å². The summed E-state index contributed by atoms with van der Waals surface area (Å²) in [5, 5.41) is 9.15. The topological polar surface area (TPSA) is 83.5 Å². The number of carboxylic acids is 1. The SMILES string of the molecule is CC(Br)CCCc1ccc(S(=O)(=O)Nc2ccccc2C(=O)O)cc1. The van der Waals surface area contributed by atoms with Gasteiger partial charge in [0.2, 0.25) is 0 Å². The van der Waals surface area contributed by atoms with Crippen LogP contribution in [-0.4, -0.2) is 24.3 Å². The number of rotatable bonds is 8. The number of aromatic carboxylic acids is 1. The first-order chi connectivity index (χ1) is 11.8. The molecule has 25 heavy (non-hydrogen) atoms. The van der Waals surface area contributed by atoms with Crippen molar-refractivity contribution in [1.82, 2.24) is 0 Å². The van der Waals surface area contributed by atoms with Gasteiger partial charge in [0, 0.05) is 4.83 Å². The Kier molecular flexibility index (Phi) is 6.61. The van der Waals surface area contributed by atoms with Crippen molar-refractivity contribution in [2.45, 2.75) is 35.9 Å². The maximum absolute atomic E-state index is 12.5. The van der Waals surface area contributed by atoms with E-state index in [9.17, 15) is 13.2 Å². The van der Waals surface area contributed by atoms with Crippen molar-refractivity contribution in [3.63, 3.8) is 0 Å². The Bertz CT molecular complexity index is 832. The minimum absolute atomic E-state index is 0.0467. The van der Waals surface area contributed by atoms with Crippen LogP contribution in [0.25, 0.3) is 0 Å². The van der Waals surface area contributed by atoms with Crippen LogP contribution in [0.5, 0.6) is 0 Å². The maximum Gasteiger partial charge on any atom is 0.337 e. The molecule has 2 rings (SSSR count). The quantitative estimate of drug-likeness (QED) is 0.617. The van der Waals surface area contributed by atoms with Crippen LogP contribution in [0.1, 0.15) is 35.7 Å². The highest BCUT2D eigenvalue weighted by Crippen LogP contribution is 2.21. The first-order valence-corrected chi connectivity index (χ1v) is 10.3. The van der Waals surface area contributed by atoms with Crippen molar-refractivity contribution < 1.29 is 18.3 Å². The standard InChI is InChI=1S/C18H20BrNO4S/c1-13(19)5-4-6-14-9-11-15(12-10-14)25(23,24)20-17-8-3-2-7-16(17)18(21)22/h2-3,7-13,20H,4-6H2,1H3,(H,21,22). The highest BCUT2D eigenvalue weighted by molar-refractivity contribution is 9.09. The van der Waals surface area contributed by atoms with Crippen LogP contribution in [0, 0.1) is 0 Å². The minimum Gasteiger partial charge on any atom is -0.478 e. The van der Waals surface area contributed by atoms with Crippen LogP contribution < -0.4 is 4.72 Å². The molecule has 134 valence electrons. The van der Waals surface area contributed by atoms with Gasteiger partial charge in [-0.25, -0.2) is 13.2 Å². The number of para-hydroxylation sites is 1. The smallest absolute Gasteiger partial charge is 0.337 e. The molecule has 0 heterocycles. The van der Waals surface area contributed by atoms with E-state index in [0.717, 1.165) is 24.8 Å². The fraction of sp³-hybridized carbons (Fsp3) is 0.278. The van der Waals surface area contributed by atoms with E-state index in [0.29, 0.717) is 4.83 Å². The number of carboxylic acid groups (broad SMARTS) is 1. The fourth-order valence-corrected chi connectivity index (χ4v) is 3.79. The van der Waals surface area contributed by atoms with E-state index < -0.39 is 16.0 Å². The van der Waals surface area contributed by atoms with Gasteiger partial charge in [0.1, 0.15) is 0 Å². The molecule has 0 saturated carbocycles. The lowest BCUT2D eigenvalue weighted by atomic mass is 10.1. The monoisotopic (exact) mass is 425 g/mol. The van der Waals surface area contributed by atoms with Gasteiger partial charge in [-0.15, -0.1) is 0 Å². The molecule has 2 aromatic carbocycles. The van der Waals surface area contributed by atoms with E-state index in [4.69, 9.17) is 5.11 Å². The fourth-order valence-electron chi connectivity index (χ4n) is 2.39. The van der Waals surface area contributed by atoms with Gasteiger partial charge in [0.15, 0.2) is 0 Å². The summed E-state index contributed by atoms with van der Waals surface area (Å²) in [4.78, 5) is 11.8. The predicted molar refractivity (Wildman–Crippen MR) is 102 cm³/mol. The largest absolute Gasteiger partial charge is 0.478 e. The molecule has 0 aliphatic heterocycles. The van der Waals surface area contributed by atoms with Crippen molar-refractivity contribution in [3.8, 4) is 0 Å². The molecule has 2 aromatic rings. The zero-order valence-electron chi connectivity index (χ0n) is 13.8. The third-order valence-corrected chi connectivity index (χ3v) is 5.54. The minimum atomic E-state index is -3.84. The van der Waals surface area contributed by atoms with E-state index >= 15 is 0 Å². The highest BCUT2D eigenvalue weighted by Gasteiger charge is 2.18. The second-order valence-corrected chi connectivity index (χ2v) is 9.02. The summed E-state index contributed by atoms with van der Waals surface area (Å²) in [6.07, 6.45) is 2.95. The third kappa shape index (κ3) is 5.57. The highest BCUT2D eigenvalue weighted by atomic mass is 79.9. The van der Waals surface area contributed by atoms with Crippen LogP contribution in [-0.2, 0) is 16.4 Å². The lowest BCUT2D eigenvalue weighted by Crippen LogP contribution is -2.15. The lowest BCUT2D eigenvalue weighted by molar-refractivity contribution is 0.0698. The van der Waals surface area contributed by atoms with Crippen molar-refractivity contribution in [1.29, 1.82) is 0 Å². The summed E-state index contributed by atoms with van der Waals surface area (Å²) >= 11 is 3.50. The first kappa shape index (κ1) is 19.5. The molecule has 5 nitrogen and oxygen atoms in total. The second-order valence-electron chi connectivity index (χ2n) is 5.77. The molecule has 0 amide bonds. The number of benzene rings is 2. The molecule has 0 bridgehead atoms. The number of anilines is 1. The Morgan fingerprint density at radius 2 is 1.80 bits per heavy atom. The summed E-state index contributed by atoms with van der Waals surface area (Å²) in [5.41, 5.74) is 1.02. The Morgan fingerprint density at radius 3 is 2.40 bits per heavy atom. The Balaban J connectivity index is 2.13. The van der Waals surface area contributed by atoms with Crippen LogP contribution in [0.2, 0.25) is 0 Å². The summed E-state index contributed by atoms with van der Waals surface area (Å²) in [5.74, 6) is -1.19. The number of carbonyl (C=O) groups is 1. The zero-order valence-corrected chi connectivity index (χ0v) is 16.2. The molecule has 0 spiro atoms.